The molecule has 0 aromatic carbocycles. The van der Waals surface area contributed by atoms with Crippen LogP contribution >= 0.6 is 0 Å². The summed E-state index contributed by atoms with van der Waals surface area (Å²) in [6, 6.07) is 7.92. The van der Waals surface area contributed by atoms with E-state index in [4.69, 9.17) is 0 Å². The van der Waals surface area contributed by atoms with Gasteiger partial charge in [0.05, 0.1) is 0 Å². The Balaban J connectivity index is 2.15. The van der Waals surface area contributed by atoms with Gasteiger partial charge in [0.1, 0.15) is 11.6 Å². The van der Waals surface area contributed by atoms with Crippen LogP contribution in [0.15, 0.2) is 36.7 Å². The first-order valence-corrected chi connectivity index (χ1v) is 4.86. The van der Waals surface area contributed by atoms with E-state index >= 15 is 0 Å². The third-order valence-corrected chi connectivity index (χ3v) is 2.08. The Morgan fingerprint density at radius 3 is 1.60 bits per heavy atom. The van der Waals surface area contributed by atoms with E-state index < -0.39 is 0 Å². The standard InChI is InChI=1S/C12H13N3/c1-9-3-5-11(13-7-9)15-12-6-4-10(2)8-14-12/h3-8H,1-2H3,(H,13,14,15). The lowest BCUT2D eigenvalue weighted by molar-refractivity contribution is 1.21. The molecule has 0 aliphatic heterocycles. The molecule has 3 nitrogen and oxygen atoms in total. The lowest BCUT2D eigenvalue weighted by Crippen LogP contribution is -1.95. The van der Waals surface area contributed by atoms with Gasteiger partial charge in [-0.15, -0.1) is 0 Å². The Morgan fingerprint density at radius 1 is 0.800 bits per heavy atom. The number of hydrogen-bond donors (Lipinski definition) is 1. The Kier molecular flexibility index (Phi) is 2.63. The number of anilines is 2. The normalized spacial score (nSPS) is 10.0. The maximum absolute atomic E-state index is 4.24. The number of aryl methyl sites for hydroxylation is 2. The van der Waals surface area contributed by atoms with E-state index in [1.165, 1.54) is 0 Å². The Bertz CT molecular complexity index is 388. The fraction of sp³-hybridized carbons (Fsp3) is 0.167. The first kappa shape index (κ1) is 9.65. The topological polar surface area (TPSA) is 37.8 Å². The molecule has 2 heterocycles. The van der Waals surface area contributed by atoms with Gasteiger partial charge in [-0.3, -0.25) is 0 Å². The van der Waals surface area contributed by atoms with Crippen LogP contribution in [0.3, 0.4) is 0 Å². The molecule has 3 heteroatoms. The SMILES string of the molecule is Cc1ccc(Nc2ccc(C)cn2)nc1. The summed E-state index contributed by atoms with van der Waals surface area (Å²) in [5, 5.41) is 3.14. The third-order valence-electron chi connectivity index (χ3n) is 2.08. The van der Waals surface area contributed by atoms with E-state index in [2.05, 4.69) is 15.3 Å². The zero-order valence-corrected chi connectivity index (χ0v) is 8.86. The second-order valence-electron chi connectivity index (χ2n) is 3.57. The molecule has 0 unspecified atom stereocenters. The predicted molar refractivity (Wildman–Crippen MR) is 61.2 cm³/mol. The predicted octanol–water partition coefficient (Wildman–Crippen LogP) is 2.84. The van der Waals surface area contributed by atoms with E-state index in [0.717, 1.165) is 22.8 Å². The molecule has 0 radical (unpaired) electrons. The minimum Gasteiger partial charge on any atom is -0.325 e. The number of hydrogen-bond acceptors (Lipinski definition) is 3. The van der Waals surface area contributed by atoms with E-state index in [9.17, 15) is 0 Å². The highest BCUT2D eigenvalue weighted by Crippen LogP contribution is 2.11. The maximum atomic E-state index is 4.24. The molecule has 0 amide bonds. The number of nitrogens with zero attached hydrogens (tertiary/aromatic N) is 2. The van der Waals surface area contributed by atoms with Crippen molar-refractivity contribution in [2.24, 2.45) is 0 Å². The van der Waals surface area contributed by atoms with Gasteiger partial charge in [-0.2, -0.15) is 0 Å². The van der Waals surface area contributed by atoms with Crippen molar-refractivity contribution in [1.29, 1.82) is 0 Å². The van der Waals surface area contributed by atoms with Crippen molar-refractivity contribution in [1.82, 2.24) is 9.97 Å². The van der Waals surface area contributed by atoms with Gasteiger partial charge in [0.2, 0.25) is 0 Å². The van der Waals surface area contributed by atoms with Gasteiger partial charge in [0.15, 0.2) is 0 Å². The van der Waals surface area contributed by atoms with Crippen LogP contribution in [0, 0.1) is 13.8 Å². The fourth-order valence-electron chi connectivity index (χ4n) is 1.21. The van der Waals surface area contributed by atoms with Gasteiger partial charge < -0.3 is 5.32 Å². The van der Waals surface area contributed by atoms with Crippen molar-refractivity contribution in [3.63, 3.8) is 0 Å². The molecule has 2 rings (SSSR count). The second kappa shape index (κ2) is 4.09. The molecule has 0 saturated heterocycles. The molecule has 15 heavy (non-hydrogen) atoms. The smallest absolute Gasteiger partial charge is 0.131 e. The fourth-order valence-corrected chi connectivity index (χ4v) is 1.21. The van der Waals surface area contributed by atoms with Gasteiger partial charge in [0, 0.05) is 12.4 Å². The van der Waals surface area contributed by atoms with Crippen LogP contribution in [0.25, 0.3) is 0 Å². The summed E-state index contributed by atoms with van der Waals surface area (Å²) in [7, 11) is 0. The molecular weight excluding hydrogens is 186 g/mol. The van der Waals surface area contributed by atoms with Crippen LogP contribution in [0.5, 0.6) is 0 Å². The molecule has 0 bridgehead atoms. The molecule has 0 atom stereocenters. The summed E-state index contributed by atoms with van der Waals surface area (Å²) in [4.78, 5) is 8.49. The van der Waals surface area contributed by atoms with E-state index in [1.54, 1.807) is 0 Å². The Labute approximate surface area is 89.2 Å². The van der Waals surface area contributed by atoms with Crippen LogP contribution < -0.4 is 5.32 Å². The van der Waals surface area contributed by atoms with Crippen LogP contribution in [-0.4, -0.2) is 9.97 Å². The summed E-state index contributed by atoms with van der Waals surface area (Å²) in [6.07, 6.45) is 3.66. The molecule has 0 fully saturated rings. The summed E-state index contributed by atoms with van der Waals surface area (Å²) in [5.74, 6) is 1.63. The zero-order chi connectivity index (χ0) is 10.7. The van der Waals surface area contributed by atoms with Gasteiger partial charge in [-0.1, -0.05) is 12.1 Å². The van der Waals surface area contributed by atoms with Gasteiger partial charge in [-0.25, -0.2) is 9.97 Å². The Morgan fingerprint density at radius 2 is 1.27 bits per heavy atom. The minimum atomic E-state index is 0.817. The zero-order valence-electron chi connectivity index (χ0n) is 8.86. The summed E-state index contributed by atoms with van der Waals surface area (Å²) in [6.45, 7) is 4.03. The quantitative estimate of drug-likeness (QED) is 0.808. The lowest BCUT2D eigenvalue weighted by Gasteiger charge is -2.04. The van der Waals surface area contributed by atoms with Crippen LogP contribution in [0.2, 0.25) is 0 Å². The van der Waals surface area contributed by atoms with Gasteiger partial charge in [-0.05, 0) is 37.1 Å². The van der Waals surface area contributed by atoms with Gasteiger partial charge in [0.25, 0.3) is 0 Å². The molecule has 0 aliphatic carbocycles. The molecule has 2 aromatic rings. The maximum Gasteiger partial charge on any atom is 0.131 e. The highest BCUT2D eigenvalue weighted by atomic mass is 15.0. The monoisotopic (exact) mass is 199 g/mol. The van der Waals surface area contributed by atoms with Crippen molar-refractivity contribution >= 4 is 11.6 Å². The lowest BCUT2D eigenvalue weighted by atomic mass is 10.3. The molecule has 0 aliphatic rings. The molecule has 1 N–H and O–H groups in total. The van der Waals surface area contributed by atoms with Crippen molar-refractivity contribution in [2.75, 3.05) is 5.32 Å². The van der Waals surface area contributed by atoms with E-state index in [0.29, 0.717) is 0 Å². The first-order chi connectivity index (χ1) is 7.24. The average Bonchev–Trinajstić information content (AvgIpc) is 2.25. The number of rotatable bonds is 2. The van der Waals surface area contributed by atoms with Crippen LogP contribution in [0.4, 0.5) is 11.6 Å². The second-order valence-corrected chi connectivity index (χ2v) is 3.57. The minimum absolute atomic E-state index is 0.817. The number of nitrogens with one attached hydrogen (secondary N) is 1. The Hall–Kier alpha value is -1.90. The van der Waals surface area contributed by atoms with Gasteiger partial charge >= 0.3 is 0 Å². The van der Waals surface area contributed by atoms with Crippen LogP contribution in [-0.2, 0) is 0 Å². The summed E-state index contributed by atoms with van der Waals surface area (Å²) in [5.41, 5.74) is 2.30. The van der Waals surface area contributed by atoms with Crippen LogP contribution in [0.1, 0.15) is 11.1 Å². The molecule has 76 valence electrons. The number of aromatic nitrogens is 2. The summed E-state index contributed by atoms with van der Waals surface area (Å²) >= 11 is 0. The van der Waals surface area contributed by atoms with Crippen molar-refractivity contribution in [3.8, 4) is 0 Å². The molecule has 0 saturated carbocycles. The molecule has 2 aromatic heterocycles. The van der Waals surface area contributed by atoms with Crippen molar-refractivity contribution in [2.45, 2.75) is 13.8 Å². The third kappa shape index (κ3) is 2.53. The average molecular weight is 199 g/mol. The highest BCUT2D eigenvalue weighted by Gasteiger charge is 1.95. The van der Waals surface area contributed by atoms with Crippen molar-refractivity contribution in [3.05, 3.63) is 47.8 Å². The number of pyridine rings is 2. The largest absolute Gasteiger partial charge is 0.325 e. The highest BCUT2D eigenvalue weighted by molar-refractivity contribution is 5.51. The van der Waals surface area contributed by atoms with Crippen molar-refractivity contribution < 1.29 is 0 Å². The molecular formula is C12H13N3. The summed E-state index contributed by atoms with van der Waals surface area (Å²) < 4.78 is 0. The first-order valence-electron chi connectivity index (χ1n) is 4.86. The van der Waals surface area contributed by atoms with E-state index in [-0.39, 0.29) is 0 Å². The van der Waals surface area contributed by atoms with E-state index in [1.807, 2.05) is 50.5 Å². The molecule has 0 spiro atoms.